The maximum atomic E-state index is 11.7. The highest BCUT2D eigenvalue weighted by Gasteiger charge is 2.28. The van der Waals surface area contributed by atoms with E-state index in [2.05, 4.69) is 10.2 Å². The van der Waals surface area contributed by atoms with Crippen LogP contribution in [0.25, 0.3) is 0 Å². The summed E-state index contributed by atoms with van der Waals surface area (Å²) in [5, 5.41) is 3.56. The van der Waals surface area contributed by atoms with Gasteiger partial charge in [0.25, 0.3) is 0 Å². The molecule has 21 heavy (non-hydrogen) atoms. The molecular weight excluding hydrogens is 284 g/mol. The summed E-state index contributed by atoms with van der Waals surface area (Å²) < 4.78 is 23.4. The molecule has 5 heteroatoms. The summed E-state index contributed by atoms with van der Waals surface area (Å²) in [4.78, 5) is 2.65. The van der Waals surface area contributed by atoms with Gasteiger partial charge in [0.2, 0.25) is 0 Å². The second-order valence-corrected chi connectivity index (χ2v) is 9.29. The van der Waals surface area contributed by atoms with Gasteiger partial charge >= 0.3 is 0 Å². The van der Waals surface area contributed by atoms with Gasteiger partial charge in [0, 0.05) is 30.4 Å². The zero-order chi connectivity index (χ0) is 15.3. The third-order valence-electron chi connectivity index (χ3n) is 5.01. The van der Waals surface area contributed by atoms with Crippen LogP contribution >= 0.6 is 0 Å². The van der Waals surface area contributed by atoms with Gasteiger partial charge in [0.1, 0.15) is 0 Å². The highest BCUT2D eigenvalue weighted by atomic mass is 32.2. The minimum absolute atomic E-state index is 0.0613. The highest BCUT2D eigenvalue weighted by Crippen LogP contribution is 2.25. The second kappa shape index (κ2) is 7.93. The molecule has 2 rings (SSSR count). The molecule has 0 radical (unpaired) electrons. The van der Waals surface area contributed by atoms with Crippen LogP contribution in [0.2, 0.25) is 0 Å². The number of sulfone groups is 1. The molecule has 0 spiro atoms. The summed E-state index contributed by atoms with van der Waals surface area (Å²) in [6, 6.07) is 1.30. The summed E-state index contributed by atoms with van der Waals surface area (Å²) in [5.74, 6) is 0.515. The monoisotopic (exact) mass is 316 g/mol. The number of nitrogens with zero attached hydrogens (tertiary/aromatic N) is 1. The molecule has 1 aliphatic heterocycles. The number of piperidine rings is 1. The van der Waals surface area contributed by atoms with E-state index in [1.807, 2.05) is 6.92 Å². The van der Waals surface area contributed by atoms with Crippen molar-refractivity contribution in [2.45, 2.75) is 76.9 Å². The van der Waals surface area contributed by atoms with E-state index in [4.69, 9.17) is 0 Å². The Labute approximate surface area is 130 Å². The minimum atomic E-state index is -2.88. The SMILES string of the molecule is CCS(=O)(=O)C[C@@H](C)N[C@H]1CCCN(C2CCCCC2)C1. The predicted octanol–water partition coefficient (Wildman–Crippen LogP) is 2.20. The first-order chi connectivity index (χ1) is 10.00. The molecule has 0 unspecified atom stereocenters. The molecule has 0 aromatic heterocycles. The Morgan fingerprint density at radius 2 is 1.86 bits per heavy atom. The molecule has 2 atom stereocenters. The van der Waals surface area contributed by atoms with Gasteiger partial charge in [-0.3, -0.25) is 4.90 Å². The summed E-state index contributed by atoms with van der Waals surface area (Å²) in [5.41, 5.74) is 0. The Kier molecular flexibility index (Phi) is 6.51. The average molecular weight is 317 g/mol. The van der Waals surface area contributed by atoms with Gasteiger partial charge in [-0.2, -0.15) is 0 Å². The van der Waals surface area contributed by atoms with E-state index in [1.54, 1.807) is 6.92 Å². The van der Waals surface area contributed by atoms with Gasteiger partial charge in [-0.15, -0.1) is 0 Å². The number of rotatable bonds is 6. The lowest BCUT2D eigenvalue weighted by molar-refractivity contribution is 0.108. The third kappa shape index (κ3) is 5.53. The summed E-state index contributed by atoms with van der Waals surface area (Å²) in [6.07, 6.45) is 9.28. The van der Waals surface area contributed by atoms with E-state index in [9.17, 15) is 8.42 Å². The standard InChI is InChI=1S/C16H32N2O2S/c1-3-21(19,20)13-14(2)17-15-8-7-11-18(12-15)16-9-5-4-6-10-16/h14-17H,3-13H2,1-2H3/t14-,15+/m1/s1. The molecule has 0 bridgehead atoms. The lowest BCUT2D eigenvalue weighted by Crippen LogP contribution is -2.52. The van der Waals surface area contributed by atoms with Crippen LogP contribution in [0.3, 0.4) is 0 Å². The van der Waals surface area contributed by atoms with E-state index in [1.165, 1.54) is 51.5 Å². The first-order valence-electron chi connectivity index (χ1n) is 8.70. The van der Waals surface area contributed by atoms with Gasteiger partial charge in [-0.05, 0) is 39.2 Å². The maximum Gasteiger partial charge on any atom is 0.151 e. The number of hydrogen-bond acceptors (Lipinski definition) is 4. The van der Waals surface area contributed by atoms with E-state index in [-0.39, 0.29) is 17.5 Å². The van der Waals surface area contributed by atoms with E-state index >= 15 is 0 Å². The quantitative estimate of drug-likeness (QED) is 0.816. The van der Waals surface area contributed by atoms with Crippen LogP contribution in [0.5, 0.6) is 0 Å². The Bertz CT molecular complexity index is 405. The van der Waals surface area contributed by atoms with Crippen molar-refractivity contribution in [3.63, 3.8) is 0 Å². The number of nitrogens with one attached hydrogen (secondary N) is 1. The molecule has 2 fully saturated rings. The molecule has 0 aromatic carbocycles. The molecule has 2 aliphatic rings. The Hall–Kier alpha value is -0.130. The fraction of sp³-hybridized carbons (Fsp3) is 1.00. The van der Waals surface area contributed by atoms with Crippen molar-refractivity contribution in [3.05, 3.63) is 0 Å². The predicted molar refractivity (Wildman–Crippen MR) is 88.4 cm³/mol. The van der Waals surface area contributed by atoms with Gasteiger partial charge in [0.15, 0.2) is 9.84 Å². The van der Waals surface area contributed by atoms with Crippen LogP contribution in [0, 0.1) is 0 Å². The molecule has 0 amide bonds. The van der Waals surface area contributed by atoms with Crippen LogP contribution in [-0.2, 0) is 9.84 Å². The van der Waals surface area contributed by atoms with Gasteiger partial charge in [-0.25, -0.2) is 8.42 Å². The van der Waals surface area contributed by atoms with E-state index in [0.717, 1.165) is 12.6 Å². The fourth-order valence-corrected chi connectivity index (χ4v) is 4.96. The molecule has 1 saturated heterocycles. The summed E-state index contributed by atoms with van der Waals surface area (Å²) >= 11 is 0. The van der Waals surface area contributed by atoms with E-state index in [0.29, 0.717) is 6.04 Å². The van der Waals surface area contributed by atoms with Crippen LogP contribution in [0.15, 0.2) is 0 Å². The number of likely N-dealkylation sites (tertiary alicyclic amines) is 1. The summed E-state index contributed by atoms with van der Waals surface area (Å²) in [7, 11) is -2.88. The molecule has 0 aromatic rings. The van der Waals surface area contributed by atoms with Gasteiger partial charge in [-0.1, -0.05) is 26.2 Å². The van der Waals surface area contributed by atoms with E-state index < -0.39 is 9.84 Å². The van der Waals surface area contributed by atoms with Crippen LogP contribution in [0.1, 0.15) is 58.8 Å². The zero-order valence-electron chi connectivity index (χ0n) is 13.7. The topological polar surface area (TPSA) is 49.4 Å². The van der Waals surface area contributed by atoms with Crippen LogP contribution in [-0.4, -0.2) is 56.0 Å². The summed E-state index contributed by atoms with van der Waals surface area (Å²) in [6.45, 7) is 6.06. The van der Waals surface area contributed by atoms with Gasteiger partial charge < -0.3 is 5.32 Å². The molecule has 124 valence electrons. The van der Waals surface area contributed by atoms with Crippen molar-refractivity contribution in [1.82, 2.24) is 10.2 Å². The third-order valence-corrected chi connectivity index (χ3v) is 6.90. The highest BCUT2D eigenvalue weighted by molar-refractivity contribution is 7.91. The Morgan fingerprint density at radius 1 is 1.14 bits per heavy atom. The zero-order valence-corrected chi connectivity index (χ0v) is 14.5. The van der Waals surface area contributed by atoms with Crippen molar-refractivity contribution < 1.29 is 8.42 Å². The second-order valence-electron chi connectivity index (χ2n) is 6.89. The molecule has 1 saturated carbocycles. The molecular formula is C16H32N2O2S. The average Bonchev–Trinajstić information content (AvgIpc) is 2.48. The Morgan fingerprint density at radius 3 is 2.52 bits per heavy atom. The first-order valence-corrected chi connectivity index (χ1v) is 10.5. The largest absolute Gasteiger partial charge is 0.309 e. The minimum Gasteiger partial charge on any atom is -0.309 e. The van der Waals surface area contributed by atoms with Gasteiger partial charge in [0.05, 0.1) is 5.75 Å². The van der Waals surface area contributed by atoms with Crippen LogP contribution < -0.4 is 5.32 Å². The van der Waals surface area contributed by atoms with Crippen molar-refractivity contribution >= 4 is 9.84 Å². The lowest BCUT2D eigenvalue weighted by Gasteiger charge is -2.41. The first kappa shape index (κ1) is 17.2. The van der Waals surface area contributed by atoms with Crippen molar-refractivity contribution in [2.75, 3.05) is 24.6 Å². The molecule has 1 N–H and O–H groups in total. The number of hydrogen-bond donors (Lipinski definition) is 1. The van der Waals surface area contributed by atoms with Crippen molar-refractivity contribution in [3.8, 4) is 0 Å². The smallest absolute Gasteiger partial charge is 0.151 e. The fourth-order valence-electron chi connectivity index (χ4n) is 3.87. The molecule has 1 aliphatic carbocycles. The normalized spacial score (nSPS) is 27.6. The molecule has 4 nitrogen and oxygen atoms in total. The lowest BCUT2D eigenvalue weighted by atomic mass is 9.92. The van der Waals surface area contributed by atoms with Crippen LogP contribution in [0.4, 0.5) is 0 Å². The van der Waals surface area contributed by atoms with Crippen molar-refractivity contribution in [1.29, 1.82) is 0 Å². The Balaban J connectivity index is 1.80. The molecule has 1 heterocycles. The maximum absolute atomic E-state index is 11.7. The van der Waals surface area contributed by atoms with Crippen molar-refractivity contribution in [2.24, 2.45) is 0 Å².